The summed E-state index contributed by atoms with van der Waals surface area (Å²) in [5, 5.41) is 0. The summed E-state index contributed by atoms with van der Waals surface area (Å²) in [6.45, 7) is 7.56. The van der Waals surface area contributed by atoms with E-state index >= 15 is 0 Å². The van der Waals surface area contributed by atoms with Crippen molar-refractivity contribution in [2.45, 2.75) is 33.1 Å². The molecule has 0 aliphatic rings. The van der Waals surface area contributed by atoms with E-state index in [2.05, 4.69) is 5.43 Å². The molecule has 1 aromatic carbocycles. The molecule has 1 aromatic rings. The van der Waals surface area contributed by atoms with E-state index in [4.69, 9.17) is 20.1 Å². The standard InChI is InChI=1S/C14H24N2O3/c1-4-17-12-9-7-8-11(10-12)13(16-15)14(18-5-2)19-6-3/h7-10,13-14,16H,4-6,15H2,1-3H3. The molecule has 0 bridgehead atoms. The summed E-state index contributed by atoms with van der Waals surface area (Å²) in [4.78, 5) is 0. The van der Waals surface area contributed by atoms with Crippen LogP contribution >= 0.6 is 0 Å². The molecule has 0 aromatic heterocycles. The second-order valence-electron chi connectivity index (χ2n) is 3.93. The lowest BCUT2D eigenvalue weighted by atomic mass is 10.1. The Morgan fingerprint density at radius 3 is 2.32 bits per heavy atom. The van der Waals surface area contributed by atoms with Crippen LogP contribution in [-0.2, 0) is 9.47 Å². The van der Waals surface area contributed by atoms with Gasteiger partial charge in [-0.3, -0.25) is 5.84 Å². The summed E-state index contributed by atoms with van der Waals surface area (Å²) in [6, 6.07) is 7.52. The number of nitrogens with one attached hydrogen (secondary N) is 1. The molecule has 0 saturated carbocycles. The van der Waals surface area contributed by atoms with Crippen LogP contribution in [0.1, 0.15) is 32.4 Å². The van der Waals surface area contributed by atoms with Crippen molar-refractivity contribution in [3.05, 3.63) is 29.8 Å². The lowest BCUT2D eigenvalue weighted by Crippen LogP contribution is -2.39. The highest BCUT2D eigenvalue weighted by Crippen LogP contribution is 2.23. The van der Waals surface area contributed by atoms with E-state index in [0.717, 1.165) is 11.3 Å². The molecule has 1 rings (SSSR count). The van der Waals surface area contributed by atoms with Gasteiger partial charge < -0.3 is 14.2 Å². The minimum atomic E-state index is -0.420. The number of hydrogen-bond donors (Lipinski definition) is 2. The molecular formula is C14H24N2O3. The van der Waals surface area contributed by atoms with Crippen LogP contribution in [0.4, 0.5) is 0 Å². The molecule has 0 aliphatic heterocycles. The molecule has 5 nitrogen and oxygen atoms in total. The maximum absolute atomic E-state index is 5.64. The van der Waals surface area contributed by atoms with E-state index in [0.29, 0.717) is 19.8 Å². The van der Waals surface area contributed by atoms with Crippen LogP contribution < -0.4 is 16.0 Å². The van der Waals surface area contributed by atoms with Gasteiger partial charge in [-0.15, -0.1) is 0 Å². The zero-order valence-corrected chi connectivity index (χ0v) is 11.9. The smallest absolute Gasteiger partial charge is 0.178 e. The van der Waals surface area contributed by atoms with Crippen LogP contribution in [0, 0.1) is 0 Å². The molecule has 0 radical (unpaired) electrons. The molecule has 19 heavy (non-hydrogen) atoms. The quantitative estimate of drug-likeness (QED) is 0.407. The van der Waals surface area contributed by atoms with Gasteiger partial charge in [0.15, 0.2) is 6.29 Å². The summed E-state index contributed by atoms with van der Waals surface area (Å²) in [7, 11) is 0. The van der Waals surface area contributed by atoms with Crippen molar-refractivity contribution in [3.8, 4) is 5.75 Å². The van der Waals surface area contributed by atoms with Gasteiger partial charge in [0.2, 0.25) is 0 Å². The first kappa shape index (κ1) is 15.9. The van der Waals surface area contributed by atoms with Crippen molar-refractivity contribution < 1.29 is 14.2 Å². The zero-order chi connectivity index (χ0) is 14.1. The third kappa shape index (κ3) is 4.80. The summed E-state index contributed by atoms with van der Waals surface area (Å²) < 4.78 is 16.7. The monoisotopic (exact) mass is 268 g/mol. The van der Waals surface area contributed by atoms with Crippen LogP contribution in [0.15, 0.2) is 24.3 Å². The van der Waals surface area contributed by atoms with Gasteiger partial charge in [0.25, 0.3) is 0 Å². The lowest BCUT2D eigenvalue weighted by Gasteiger charge is -2.26. The number of ether oxygens (including phenoxy) is 3. The predicted molar refractivity (Wildman–Crippen MR) is 74.7 cm³/mol. The van der Waals surface area contributed by atoms with Crippen LogP contribution in [0.25, 0.3) is 0 Å². The van der Waals surface area contributed by atoms with Crippen molar-refractivity contribution in [2.75, 3.05) is 19.8 Å². The van der Waals surface area contributed by atoms with Crippen molar-refractivity contribution >= 4 is 0 Å². The van der Waals surface area contributed by atoms with Crippen molar-refractivity contribution in [3.63, 3.8) is 0 Å². The average Bonchev–Trinajstić information content (AvgIpc) is 2.41. The largest absolute Gasteiger partial charge is 0.494 e. The van der Waals surface area contributed by atoms with Gasteiger partial charge in [-0.25, -0.2) is 5.43 Å². The van der Waals surface area contributed by atoms with Crippen LogP contribution in [0.2, 0.25) is 0 Å². The predicted octanol–water partition coefficient (Wildman–Crippen LogP) is 1.99. The molecule has 1 unspecified atom stereocenters. The van der Waals surface area contributed by atoms with Gasteiger partial charge in [0, 0.05) is 13.2 Å². The molecule has 0 heterocycles. The van der Waals surface area contributed by atoms with Crippen LogP contribution in [-0.4, -0.2) is 26.1 Å². The molecule has 0 spiro atoms. The van der Waals surface area contributed by atoms with Crippen molar-refractivity contribution in [1.82, 2.24) is 5.43 Å². The van der Waals surface area contributed by atoms with Gasteiger partial charge in [0.1, 0.15) is 5.75 Å². The Kier molecular flexibility index (Phi) is 7.43. The Labute approximate surface area is 115 Å². The first-order valence-corrected chi connectivity index (χ1v) is 6.68. The summed E-state index contributed by atoms with van der Waals surface area (Å²) >= 11 is 0. The minimum absolute atomic E-state index is 0.236. The third-order valence-corrected chi connectivity index (χ3v) is 2.64. The highest BCUT2D eigenvalue weighted by Gasteiger charge is 2.23. The van der Waals surface area contributed by atoms with Crippen molar-refractivity contribution in [2.24, 2.45) is 5.84 Å². The first-order valence-electron chi connectivity index (χ1n) is 6.68. The fourth-order valence-electron chi connectivity index (χ4n) is 1.87. The minimum Gasteiger partial charge on any atom is -0.494 e. The Bertz CT molecular complexity index is 354. The first-order chi connectivity index (χ1) is 9.26. The van der Waals surface area contributed by atoms with E-state index < -0.39 is 6.29 Å². The molecule has 0 fully saturated rings. The summed E-state index contributed by atoms with van der Waals surface area (Å²) in [5.41, 5.74) is 3.72. The molecular weight excluding hydrogens is 244 g/mol. The Morgan fingerprint density at radius 2 is 1.79 bits per heavy atom. The van der Waals surface area contributed by atoms with Gasteiger partial charge in [-0.1, -0.05) is 12.1 Å². The van der Waals surface area contributed by atoms with Crippen LogP contribution in [0.5, 0.6) is 5.75 Å². The normalized spacial score (nSPS) is 12.7. The van der Waals surface area contributed by atoms with E-state index in [1.807, 2.05) is 45.0 Å². The maximum Gasteiger partial charge on any atom is 0.178 e. The Balaban J connectivity index is 2.89. The molecule has 0 saturated heterocycles. The molecule has 5 heteroatoms. The molecule has 108 valence electrons. The van der Waals surface area contributed by atoms with Gasteiger partial charge in [0.05, 0.1) is 12.6 Å². The van der Waals surface area contributed by atoms with E-state index in [1.165, 1.54) is 0 Å². The number of hydrazine groups is 1. The average molecular weight is 268 g/mol. The fraction of sp³-hybridized carbons (Fsp3) is 0.571. The van der Waals surface area contributed by atoms with E-state index in [9.17, 15) is 0 Å². The number of hydrogen-bond acceptors (Lipinski definition) is 5. The fourth-order valence-corrected chi connectivity index (χ4v) is 1.87. The highest BCUT2D eigenvalue weighted by atomic mass is 16.7. The Hall–Kier alpha value is -1.14. The molecule has 1 atom stereocenters. The summed E-state index contributed by atoms with van der Waals surface area (Å²) in [6.07, 6.45) is -0.420. The maximum atomic E-state index is 5.64. The highest BCUT2D eigenvalue weighted by molar-refractivity contribution is 5.30. The van der Waals surface area contributed by atoms with Gasteiger partial charge in [-0.05, 0) is 38.5 Å². The van der Waals surface area contributed by atoms with Crippen LogP contribution in [0.3, 0.4) is 0 Å². The van der Waals surface area contributed by atoms with Gasteiger partial charge in [-0.2, -0.15) is 0 Å². The molecule has 3 N–H and O–H groups in total. The van der Waals surface area contributed by atoms with Gasteiger partial charge >= 0.3 is 0 Å². The van der Waals surface area contributed by atoms with E-state index in [1.54, 1.807) is 0 Å². The molecule has 0 amide bonds. The Morgan fingerprint density at radius 1 is 1.11 bits per heavy atom. The number of nitrogens with two attached hydrogens (primary N) is 1. The number of rotatable bonds is 9. The third-order valence-electron chi connectivity index (χ3n) is 2.64. The second kappa shape index (κ2) is 8.87. The van der Waals surface area contributed by atoms with E-state index in [-0.39, 0.29) is 6.04 Å². The SMILES string of the molecule is CCOc1cccc(C(NN)C(OCC)OCC)c1. The number of benzene rings is 1. The second-order valence-corrected chi connectivity index (χ2v) is 3.93. The summed E-state index contributed by atoms with van der Waals surface area (Å²) in [5.74, 6) is 6.45. The lowest BCUT2D eigenvalue weighted by molar-refractivity contribution is -0.155. The zero-order valence-electron chi connectivity index (χ0n) is 11.9. The molecule has 0 aliphatic carbocycles. The topological polar surface area (TPSA) is 65.7 Å². The van der Waals surface area contributed by atoms with Crippen molar-refractivity contribution in [1.29, 1.82) is 0 Å².